The molecule has 2 heteroatoms. The Morgan fingerprint density at radius 2 is 1.81 bits per heavy atom. The third-order valence-electron chi connectivity index (χ3n) is 4.87. The van der Waals surface area contributed by atoms with Crippen molar-refractivity contribution in [2.24, 2.45) is 17.8 Å². The second kappa shape index (κ2) is 4.30. The number of fused-ring (bicyclic) bond motifs is 2. The molecule has 0 radical (unpaired) electrons. The number of piperidine rings is 1. The molecule has 16 heavy (non-hydrogen) atoms. The van der Waals surface area contributed by atoms with Crippen molar-refractivity contribution in [3.63, 3.8) is 0 Å². The summed E-state index contributed by atoms with van der Waals surface area (Å²) in [7, 11) is 0. The summed E-state index contributed by atoms with van der Waals surface area (Å²) in [5, 5.41) is 3.76. The van der Waals surface area contributed by atoms with E-state index < -0.39 is 0 Å². The number of rotatable bonds is 2. The molecular formula is C14H26N2. The van der Waals surface area contributed by atoms with Gasteiger partial charge < -0.3 is 10.2 Å². The zero-order valence-corrected chi connectivity index (χ0v) is 10.8. The summed E-state index contributed by atoms with van der Waals surface area (Å²) in [5.74, 6) is 2.78. The van der Waals surface area contributed by atoms with Gasteiger partial charge in [0.05, 0.1) is 0 Å². The molecule has 2 bridgehead atoms. The van der Waals surface area contributed by atoms with Gasteiger partial charge in [-0.3, -0.25) is 0 Å². The summed E-state index contributed by atoms with van der Waals surface area (Å²) in [5.41, 5.74) is 0. The molecule has 0 spiro atoms. The van der Waals surface area contributed by atoms with E-state index in [0.29, 0.717) is 0 Å². The zero-order chi connectivity index (χ0) is 11.1. The first-order valence-corrected chi connectivity index (χ1v) is 7.19. The molecule has 0 aromatic carbocycles. The Labute approximate surface area is 99.8 Å². The first kappa shape index (κ1) is 11.0. The molecule has 3 aliphatic heterocycles. The maximum Gasteiger partial charge on any atom is 0.0111 e. The largest absolute Gasteiger partial charge is 0.311 e. The summed E-state index contributed by atoms with van der Waals surface area (Å²) in [6, 6.07) is 1.73. The molecule has 2 nitrogen and oxygen atoms in total. The maximum absolute atomic E-state index is 3.76. The molecule has 0 amide bonds. The highest BCUT2D eigenvalue weighted by Gasteiger charge is 2.40. The molecule has 0 saturated carbocycles. The van der Waals surface area contributed by atoms with Gasteiger partial charge >= 0.3 is 0 Å². The van der Waals surface area contributed by atoms with Gasteiger partial charge in [0.2, 0.25) is 0 Å². The Hall–Kier alpha value is -0.0800. The van der Waals surface area contributed by atoms with Gasteiger partial charge in [-0.15, -0.1) is 0 Å². The average Bonchev–Trinajstić information content (AvgIpc) is 2.77. The van der Waals surface area contributed by atoms with Gasteiger partial charge in [-0.25, -0.2) is 0 Å². The second-order valence-corrected chi connectivity index (χ2v) is 6.71. The zero-order valence-electron chi connectivity index (χ0n) is 10.8. The van der Waals surface area contributed by atoms with Crippen LogP contribution in [0.4, 0.5) is 0 Å². The van der Waals surface area contributed by atoms with Crippen molar-refractivity contribution < 1.29 is 0 Å². The second-order valence-electron chi connectivity index (χ2n) is 6.71. The van der Waals surface area contributed by atoms with Crippen molar-refractivity contribution in [3.05, 3.63) is 0 Å². The van der Waals surface area contributed by atoms with Gasteiger partial charge in [0.15, 0.2) is 0 Å². The van der Waals surface area contributed by atoms with Crippen LogP contribution in [-0.4, -0.2) is 36.6 Å². The SMILES string of the molecule is CC1CC(C)CN(CC2CC3CCC2N3)C1. The third kappa shape index (κ3) is 2.14. The Bertz CT molecular complexity index is 243. The van der Waals surface area contributed by atoms with Crippen LogP contribution in [0.2, 0.25) is 0 Å². The van der Waals surface area contributed by atoms with Gasteiger partial charge in [0, 0.05) is 31.7 Å². The van der Waals surface area contributed by atoms with Gasteiger partial charge in [-0.1, -0.05) is 13.8 Å². The van der Waals surface area contributed by atoms with Crippen LogP contribution in [0.15, 0.2) is 0 Å². The number of likely N-dealkylation sites (tertiary alicyclic amines) is 1. The molecule has 3 aliphatic rings. The minimum Gasteiger partial charge on any atom is -0.311 e. The molecule has 1 N–H and O–H groups in total. The van der Waals surface area contributed by atoms with Crippen LogP contribution in [0.5, 0.6) is 0 Å². The maximum atomic E-state index is 3.76. The van der Waals surface area contributed by atoms with E-state index in [1.165, 1.54) is 45.3 Å². The predicted molar refractivity (Wildman–Crippen MR) is 67.4 cm³/mol. The van der Waals surface area contributed by atoms with Crippen LogP contribution in [-0.2, 0) is 0 Å². The lowest BCUT2D eigenvalue weighted by Crippen LogP contribution is -2.43. The van der Waals surface area contributed by atoms with Gasteiger partial charge in [-0.2, -0.15) is 0 Å². The molecule has 3 saturated heterocycles. The van der Waals surface area contributed by atoms with E-state index in [1.54, 1.807) is 0 Å². The standard InChI is InChI=1S/C14H26N2/c1-10-5-11(2)8-16(7-10)9-12-6-13-3-4-14(12)15-13/h10-15H,3-9H2,1-2H3. The number of hydrogen-bond acceptors (Lipinski definition) is 2. The lowest BCUT2D eigenvalue weighted by Gasteiger charge is -2.37. The molecule has 5 atom stereocenters. The summed E-state index contributed by atoms with van der Waals surface area (Å²) in [6.07, 6.45) is 5.76. The Morgan fingerprint density at radius 3 is 2.38 bits per heavy atom. The molecule has 0 aromatic rings. The van der Waals surface area contributed by atoms with Crippen molar-refractivity contribution in [2.75, 3.05) is 19.6 Å². The van der Waals surface area contributed by atoms with Crippen LogP contribution in [0.3, 0.4) is 0 Å². The van der Waals surface area contributed by atoms with E-state index in [1.807, 2.05) is 0 Å². The number of nitrogens with zero attached hydrogens (tertiary/aromatic N) is 1. The topological polar surface area (TPSA) is 15.3 Å². The number of nitrogens with one attached hydrogen (secondary N) is 1. The highest BCUT2D eigenvalue weighted by atomic mass is 15.2. The quantitative estimate of drug-likeness (QED) is 0.770. The van der Waals surface area contributed by atoms with Gasteiger partial charge in [-0.05, 0) is 43.4 Å². The van der Waals surface area contributed by atoms with Crippen LogP contribution in [0, 0.1) is 17.8 Å². The van der Waals surface area contributed by atoms with Crippen LogP contribution < -0.4 is 5.32 Å². The van der Waals surface area contributed by atoms with E-state index in [0.717, 1.165) is 29.8 Å². The van der Waals surface area contributed by atoms with Crippen molar-refractivity contribution in [3.8, 4) is 0 Å². The van der Waals surface area contributed by atoms with E-state index in [-0.39, 0.29) is 0 Å². The minimum atomic E-state index is 0.859. The van der Waals surface area contributed by atoms with Crippen LogP contribution in [0.25, 0.3) is 0 Å². The molecule has 0 aliphatic carbocycles. The highest BCUT2D eigenvalue weighted by Crippen LogP contribution is 2.34. The summed E-state index contributed by atoms with van der Waals surface area (Å²) >= 11 is 0. The average molecular weight is 222 g/mol. The van der Waals surface area contributed by atoms with Crippen molar-refractivity contribution >= 4 is 0 Å². The lowest BCUT2D eigenvalue weighted by atomic mass is 9.86. The summed E-state index contributed by atoms with van der Waals surface area (Å²) < 4.78 is 0. The van der Waals surface area contributed by atoms with Crippen LogP contribution in [0.1, 0.15) is 39.5 Å². The smallest absolute Gasteiger partial charge is 0.0111 e. The fraction of sp³-hybridized carbons (Fsp3) is 1.00. The van der Waals surface area contributed by atoms with E-state index in [9.17, 15) is 0 Å². The highest BCUT2D eigenvalue weighted by molar-refractivity contribution is 4.98. The summed E-state index contributed by atoms with van der Waals surface area (Å²) in [4.78, 5) is 2.74. The van der Waals surface area contributed by atoms with Crippen molar-refractivity contribution in [2.45, 2.75) is 51.6 Å². The van der Waals surface area contributed by atoms with E-state index in [4.69, 9.17) is 0 Å². The predicted octanol–water partition coefficient (Wildman–Crippen LogP) is 2.10. The molecule has 0 aromatic heterocycles. The molecule has 5 unspecified atom stereocenters. The normalized spacial score (nSPS) is 48.8. The van der Waals surface area contributed by atoms with Crippen molar-refractivity contribution in [1.82, 2.24) is 10.2 Å². The summed E-state index contributed by atoms with van der Waals surface area (Å²) in [6.45, 7) is 8.89. The lowest BCUT2D eigenvalue weighted by molar-refractivity contribution is 0.115. The Balaban J connectivity index is 1.54. The first-order chi connectivity index (χ1) is 7.70. The first-order valence-electron chi connectivity index (χ1n) is 7.19. The Kier molecular flexibility index (Phi) is 2.97. The Morgan fingerprint density at radius 1 is 1.06 bits per heavy atom. The monoisotopic (exact) mass is 222 g/mol. The molecular weight excluding hydrogens is 196 g/mol. The molecule has 3 rings (SSSR count). The molecule has 92 valence electrons. The van der Waals surface area contributed by atoms with E-state index >= 15 is 0 Å². The molecule has 3 heterocycles. The fourth-order valence-corrected chi connectivity index (χ4v) is 4.41. The van der Waals surface area contributed by atoms with Crippen LogP contribution >= 0.6 is 0 Å². The fourth-order valence-electron chi connectivity index (χ4n) is 4.41. The van der Waals surface area contributed by atoms with Crippen molar-refractivity contribution in [1.29, 1.82) is 0 Å². The third-order valence-corrected chi connectivity index (χ3v) is 4.87. The number of hydrogen-bond donors (Lipinski definition) is 1. The molecule has 3 fully saturated rings. The van der Waals surface area contributed by atoms with E-state index in [2.05, 4.69) is 24.1 Å². The minimum absolute atomic E-state index is 0.859. The van der Waals surface area contributed by atoms with Gasteiger partial charge in [0.25, 0.3) is 0 Å². The van der Waals surface area contributed by atoms with Gasteiger partial charge in [0.1, 0.15) is 0 Å².